The van der Waals surface area contributed by atoms with E-state index in [2.05, 4.69) is 46.7 Å². The SMILES string of the molecule is O=C(NCC1(c2ccccc2)CCCC1)c1ccccc1CSC1=NCCS1. The van der Waals surface area contributed by atoms with Crippen LogP contribution in [0.5, 0.6) is 0 Å². The molecule has 146 valence electrons. The lowest BCUT2D eigenvalue weighted by atomic mass is 9.79. The van der Waals surface area contributed by atoms with Crippen molar-refractivity contribution in [3.8, 4) is 0 Å². The van der Waals surface area contributed by atoms with Gasteiger partial charge in [0.05, 0.1) is 6.54 Å². The van der Waals surface area contributed by atoms with Gasteiger partial charge in [-0.2, -0.15) is 0 Å². The Morgan fingerprint density at radius 1 is 1.07 bits per heavy atom. The summed E-state index contributed by atoms with van der Waals surface area (Å²) in [6, 6.07) is 18.7. The topological polar surface area (TPSA) is 41.5 Å². The number of aliphatic imine (C=N–C) groups is 1. The van der Waals surface area contributed by atoms with Gasteiger partial charge < -0.3 is 5.32 Å². The van der Waals surface area contributed by atoms with E-state index in [1.54, 1.807) is 11.8 Å². The summed E-state index contributed by atoms with van der Waals surface area (Å²) in [5.41, 5.74) is 3.31. The molecular weight excluding hydrogens is 384 g/mol. The molecule has 0 bridgehead atoms. The minimum Gasteiger partial charge on any atom is -0.351 e. The van der Waals surface area contributed by atoms with Gasteiger partial charge in [0.2, 0.25) is 0 Å². The van der Waals surface area contributed by atoms with Crippen LogP contribution in [0.25, 0.3) is 0 Å². The molecule has 1 saturated carbocycles. The van der Waals surface area contributed by atoms with Gasteiger partial charge in [-0.05, 0) is 30.0 Å². The molecule has 0 saturated heterocycles. The van der Waals surface area contributed by atoms with Gasteiger partial charge in [0.15, 0.2) is 0 Å². The molecule has 0 aromatic heterocycles. The highest BCUT2D eigenvalue weighted by Gasteiger charge is 2.35. The first-order chi connectivity index (χ1) is 13.8. The highest BCUT2D eigenvalue weighted by atomic mass is 32.2. The van der Waals surface area contributed by atoms with Gasteiger partial charge in [-0.25, -0.2) is 0 Å². The van der Waals surface area contributed by atoms with Gasteiger partial charge >= 0.3 is 0 Å². The van der Waals surface area contributed by atoms with Crippen molar-refractivity contribution in [3.63, 3.8) is 0 Å². The third-order valence-electron chi connectivity index (χ3n) is 5.71. The third-order valence-corrected chi connectivity index (χ3v) is 8.01. The molecule has 2 aliphatic rings. The summed E-state index contributed by atoms with van der Waals surface area (Å²) >= 11 is 3.55. The number of amides is 1. The van der Waals surface area contributed by atoms with Crippen LogP contribution in [0.3, 0.4) is 0 Å². The van der Waals surface area contributed by atoms with Crippen LogP contribution >= 0.6 is 23.5 Å². The number of benzene rings is 2. The predicted octanol–water partition coefficient (Wildman–Crippen LogP) is 5.26. The van der Waals surface area contributed by atoms with Gasteiger partial charge in [0.25, 0.3) is 5.91 Å². The summed E-state index contributed by atoms with van der Waals surface area (Å²) < 4.78 is 1.14. The predicted molar refractivity (Wildman–Crippen MR) is 121 cm³/mol. The van der Waals surface area contributed by atoms with Crippen molar-refractivity contribution in [1.29, 1.82) is 0 Å². The number of carbonyl (C=O) groups is 1. The maximum absolute atomic E-state index is 13.0. The zero-order chi connectivity index (χ0) is 19.2. The van der Waals surface area contributed by atoms with E-state index in [4.69, 9.17) is 0 Å². The Bertz CT molecular complexity index is 845. The quantitative estimate of drug-likeness (QED) is 0.706. The molecule has 5 heteroatoms. The van der Waals surface area contributed by atoms with E-state index in [0.29, 0.717) is 6.54 Å². The first-order valence-corrected chi connectivity index (χ1v) is 12.0. The standard InChI is InChI=1S/C23H26N2OS2/c26-21(20-11-5-4-8-18(20)16-28-22-24-14-15-27-22)25-17-23(12-6-7-13-23)19-9-2-1-3-10-19/h1-5,8-11H,6-7,12-17H2,(H,25,26). The van der Waals surface area contributed by atoms with Crippen molar-refractivity contribution in [1.82, 2.24) is 5.32 Å². The minimum absolute atomic E-state index is 0.0411. The number of hydrogen-bond acceptors (Lipinski definition) is 4. The molecule has 3 nitrogen and oxygen atoms in total. The van der Waals surface area contributed by atoms with Crippen molar-refractivity contribution in [2.24, 2.45) is 4.99 Å². The number of thioether (sulfide) groups is 2. The van der Waals surface area contributed by atoms with E-state index in [0.717, 1.165) is 46.4 Å². The zero-order valence-corrected chi connectivity index (χ0v) is 17.7. The van der Waals surface area contributed by atoms with Crippen LogP contribution in [0.15, 0.2) is 59.6 Å². The Kier molecular flexibility index (Phi) is 6.43. The molecule has 1 fully saturated rings. The molecule has 1 heterocycles. The van der Waals surface area contributed by atoms with Gasteiger partial charge in [0, 0.05) is 29.0 Å². The second-order valence-electron chi connectivity index (χ2n) is 7.48. The van der Waals surface area contributed by atoms with Crippen LogP contribution in [0, 0.1) is 0 Å². The third kappa shape index (κ3) is 4.47. The Morgan fingerprint density at radius 2 is 1.82 bits per heavy atom. The molecule has 1 aliphatic carbocycles. The monoisotopic (exact) mass is 410 g/mol. The van der Waals surface area contributed by atoms with Crippen molar-refractivity contribution in [3.05, 3.63) is 71.3 Å². The molecule has 0 atom stereocenters. The maximum Gasteiger partial charge on any atom is 0.251 e. The lowest BCUT2D eigenvalue weighted by molar-refractivity contribution is 0.0942. The lowest BCUT2D eigenvalue weighted by Gasteiger charge is -2.30. The Labute approximate surface area is 175 Å². The summed E-state index contributed by atoms with van der Waals surface area (Å²) in [6.07, 6.45) is 4.76. The van der Waals surface area contributed by atoms with Gasteiger partial charge in [-0.15, -0.1) is 0 Å². The van der Waals surface area contributed by atoms with Crippen molar-refractivity contribution in [2.45, 2.75) is 36.9 Å². The van der Waals surface area contributed by atoms with Crippen LogP contribution in [0.2, 0.25) is 0 Å². The fraction of sp³-hybridized carbons (Fsp3) is 0.391. The number of rotatable bonds is 6. The molecule has 0 radical (unpaired) electrons. The summed E-state index contributed by atoms with van der Waals surface area (Å²) in [6.45, 7) is 1.62. The first kappa shape index (κ1) is 19.6. The number of hydrogen-bond donors (Lipinski definition) is 1. The van der Waals surface area contributed by atoms with Crippen LogP contribution in [-0.4, -0.2) is 29.1 Å². The molecule has 4 rings (SSSR count). The normalized spacial score (nSPS) is 18.1. The van der Waals surface area contributed by atoms with Crippen LogP contribution in [-0.2, 0) is 11.2 Å². The molecule has 1 N–H and O–H groups in total. The summed E-state index contributed by atoms with van der Waals surface area (Å²) in [5.74, 6) is 1.91. The lowest BCUT2D eigenvalue weighted by Crippen LogP contribution is -2.39. The number of nitrogens with one attached hydrogen (secondary N) is 1. The summed E-state index contributed by atoms with van der Waals surface area (Å²) in [5, 5.41) is 3.26. The maximum atomic E-state index is 13.0. The van der Waals surface area contributed by atoms with Gasteiger partial charge in [0.1, 0.15) is 4.38 Å². The molecular formula is C23H26N2OS2. The van der Waals surface area contributed by atoms with E-state index in [9.17, 15) is 4.79 Å². The Balaban J connectivity index is 1.45. The van der Waals surface area contributed by atoms with E-state index in [-0.39, 0.29) is 11.3 Å². The van der Waals surface area contributed by atoms with Crippen molar-refractivity contribution in [2.75, 3.05) is 18.8 Å². The van der Waals surface area contributed by atoms with E-state index in [1.165, 1.54) is 18.4 Å². The highest BCUT2D eigenvalue weighted by molar-refractivity contribution is 8.38. The van der Waals surface area contributed by atoms with Crippen LogP contribution < -0.4 is 5.32 Å². The molecule has 0 spiro atoms. The smallest absolute Gasteiger partial charge is 0.251 e. The van der Waals surface area contributed by atoms with Gasteiger partial charge in [-0.1, -0.05) is 84.9 Å². The second-order valence-corrected chi connectivity index (χ2v) is 9.78. The molecule has 2 aromatic rings. The van der Waals surface area contributed by atoms with E-state index >= 15 is 0 Å². The average molecular weight is 411 g/mol. The molecule has 1 amide bonds. The van der Waals surface area contributed by atoms with E-state index in [1.807, 2.05) is 30.0 Å². The summed E-state index contributed by atoms with van der Waals surface area (Å²) in [7, 11) is 0. The van der Waals surface area contributed by atoms with Gasteiger partial charge in [-0.3, -0.25) is 9.79 Å². The molecule has 28 heavy (non-hydrogen) atoms. The summed E-state index contributed by atoms with van der Waals surface area (Å²) in [4.78, 5) is 17.5. The average Bonchev–Trinajstić information content (AvgIpc) is 3.44. The molecule has 2 aromatic carbocycles. The number of carbonyl (C=O) groups excluding carboxylic acids is 1. The van der Waals surface area contributed by atoms with Crippen LogP contribution in [0.1, 0.15) is 47.2 Å². The fourth-order valence-corrected chi connectivity index (χ4v) is 6.18. The fourth-order valence-electron chi connectivity index (χ4n) is 4.17. The van der Waals surface area contributed by atoms with Crippen molar-refractivity contribution < 1.29 is 4.79 Å². The first-order valence-electron chi connectivity index (χ1n) is 9.99. The number of nitrogens with zero attached hydrogens (tertiary/aromatic N) is 1. The largest absolute Gasteiger partial charge is 0.351 e. The van der Waals surface area contributed by atoms with E-state index < -0.39 is 0 Å². The van der Waals surface area contributed by atoms with Crippen LogP contribution in [0.4, 0.5) is 0 Å². The molecule has 1 aliphatic heterocycles. The Hall–Kier alpha value is -1.72. The molecule has 0 unspecified atom stereocenters. The highest BCUT2D eigenvalue weighted by Crippen LogP contribution is 2.40. The van der Waals surface area contributed by atoms with Crippen molar-refractivity contribution >= 4 is 33.8 Å². The zero-order valence-electron chi connectivity index (χ0n) is 16.0. The minimum atomic E-state index is 0.0411. The second kappa shape index (κ2) is 9.19. The Morgan fingerprint density at radius 3 is 2.57 bits per heavy atom.